The zero-order valence-electron chi connectivity index (χ0n) is 22.9. The van der Waals surface area contributed by atoms with Crippen LogP contribution in [0.3, 0.4) is 0 Å². The zero-order valence-corrected chi connectivity index (χ0v) is 22.9. The molecule has 1 fully saturated rings. The first-order valence-electron chi connectivity index (χ1n) is 13.2. The molecule has 0 spiro atoms. The minimum absolute atomic E-state index is 0.105. The Labute approximate surface area is 238 Å². The van der Waals surface area contributed by atoms with Crippen molar-refractivity contribution in [3.8, 4) is 17.3 Å². The Balaban J connectivity index is 1.48. The fraction of sp³-hybridized carbons (Fsp3) is 0.310. The molecule has 0 unspecified atom stereocenters. The number of alkyl halides is 3. The van der Waals surface area contributed by atoms with Gasteiger partial charge in [-0.1, -0.05) is 12.1 Å². The van der Waals surface area contributed by atoms with Gasteiger partial charge in [-0.3, -0.25) is 14.4 Å². The number of allylic oxidation sites excluding steroid dienone is 2. The van der Waals surface area contributed by atoms with Crippen LogP contribution in [-0.4, -0.2) is 56.7 Å². The molecule has 0 atom stereocenters. The molecule has 42 heavy (non-hydrogen) atoms. The summed E-state index contributed by atoms with van der Waals surface area (Å²) in [6.45, 7) is 2.28. The topological polar surface area (TPSA) is 130 Å². The van der Waals surface area contributed by atoms with Crippen LogP contribution in [0.5, 0.6) is 5.88 Å². The number of nitrogens with zero attached hydrogens (tertiary/aromatic N) is 6. The van der Waals surface area contributed by atoms with Crippen molar-refractivity contribution >= 4 is 22.4 Å². The maximum Gasteiger partial charge on any atom is 0.430 e. The van der Waals surface area contributed by atoms with Crippen molar-refractivity contribution in [3.05, 3.63) is 82.3 Å². The number of pyridine rings is 1. The van der Waals surface area contributed by atoms with Gasteiger partial charge in [0.25, 0.3) is 5.56 Å². The summed E-state index contributed by atoms with van der Waals surface area (Å²) in [6, 6.07) is 9.91. The quantitative estimate of drug-likeness (QED) is 0.211. The monoisotopic (exact) mass is 579 g/mol. The summed E-state index contributed by atoms with van der Waals surface area (Å²) < 4.78 is 50.7. The van der Waals surface area contributed by atoms with E-state index in [1.807, 2.05) is 0 Å². The predicted octanol–water partition coefficient (Wildman–Crippen LogP) is 4.70. The SMILES string of the molecule is COCCOc1ncnc(C2CC2)c1-c1ncc2ccc(=O)n(Cc3ccc(N=C(C)C=C(N)C(F)(F)F)cc3)c2n1. The number of hydrogen-bond acceptors (Lipinski definition) is 9. The summed E-state index contributed by atoms with van der Waals surface area (Å²) in [7, 11) is 1.58. The lowest BCUT2D eigenvalue weighted by molar-refractivity contribution is -0.0925. The molecule has 13 heteroatoms. The summed E-state index contributed by atoms with van der Waals surface area (Å²) in [5.74, 6) is 0.963. The first-order valence-corrected chi connectivity index (χ1v) is 13.2. The van der Waals surface area contributed by atoms with Gasteiger partial charge in [0, 0.05) is 36.4 Å². The van der Waals surface area contributed by atoms with Crippen LogP contribution in [0.25, 0.3) is 22.4 Å². The molecule has 1 aliphatic rings. The third-order valence-corrected chi connectivity index (χ3v) is 6.55. The van der Waals surface area contributed by atoms with Gasteiger partial charge in [0.15, 0.2) is 5.82 Å². The van der Waals surface area contributed by atoms with Crippen LogP contribution < -0.4 is 16.0 Å². The maximum absolute atomic E-state index is 13.0. The van der Waals surface area contributed by atoms with Crippen molar-refractivity contribution in [1.82, 2.24) is 24.5 Å². The number of hydrogen-bond donors (Lipinski definition) is 1. The van der Waals surface area contributed by atoms with Crippen LogP contribution in [0.15, 0.2) is 70.5 Å². The number of benzene rings is 1. The zero-order chi connectivity index (χ0) is 29.9. The number of aliphatic imine (C=N–C) groups is 1. The second kappa shape index (κ2) is 12.1. The van der Waals surface area contributed by atoms with Crippen molar-refractivity contribution in [3.63, 3.8) is 0 Å². The predicted molar refractivity (Wildman–Crippen MR) is 151 cm³/mol. The largest absolute Gasteiger partial charge is 0.475 e. The number of ether oxygens (including phenoxy) is 2. The van der Waals surface area contributed by atoms with Crippen molar-refractivity contribution in [1.29, 1.82) is 0 Å². The summed E-state index contributed by atoms with van der Waals surface area (Å²) in [5.41, 5.74) is 6.72. The Morgan fingerprint density at radius 2 is 1.88 bits per heavy atom. The fourth-order valence-electron chi connectivity index (χ4n) is 4.34. The lowest BCUT2D eigenvalue weighted by atomic mass is 10.1. The van der Waals surface area contributed by atoms with E-state index in [2.05, 4.69) is 19.9 Å². The minimum Gasteiger partial charge on any atom is -0.475 e. The molecule has 1 aromatic carbocycles. The second-order valence-electron chi connectivity index (χ2n) is 9.80. The summed E-state index contributed by atoms with van der Waals surface area (Å²) in [5, 5.41) is 0.663. The van der Waals surface area contributed by atoms with Crippen LogP contribution in [0.1, 0.15) is 36.9 Å². The highest BCUT2D eigenvalue weighted by atomic mass is 19.4. The number of nitrogens with two attached hydrogens (primary N) is 1. The minimum atomic E-state index is -4.62. The third kappa shape index (κ3) is 6.62. The third-order valence-electron chi connectivity index (χ3n) is 6.55. The first kappa shape index (κ1) is 28.9. The molecular weight excluding hydrogens is 551 g/mol. The Kier molecular flexibility index (Phi) is 8.29. The van der Waals surface area contributed by atoms with Crippen LogP contribution >= 0.6 is 0 Å². The molecule has 5 rings (SSSR count). The molecule has 0 aliphatic heterocycles. The van der Waals surface area contributed by atoms with Gasteiger partial charge in [-0.25, -0.2) is 19.9 Å². The highest BCUT2D eigenvalue weighted by molar-refractivity contribution is 5.95. The number of aromatic nitrogens is 5. The lowest BCUT2D eigenvalue weighted by Crippen LogP contribution is -2.21. The van der Waals surface area contributed by atoms with Crippen molar-refractivity contribution in [2.45, 2.75) is 38.4 Å². The van der Waals surface area contributed by atoms with E-state index < -0.39 is 11.9 Å². The van der Waals surface area contributed by atoms with Gasteiger partial charge < -0.3 is 15.2 Å². The van der Waals surface area contributed by atoms with E-state index in [1.165, 1.54) is 23.9 Å². The van der Waals surface area contributed by atoms with E-state index in [0.717, 1.165) is 30.2 Å². The summed E-state index contributed by atoms with van der Waals surface area (Å²) in [6.07, 6.45) is 1.25. The highest BCUT2D eigenvalue weighted by Crippen LogP contribution is 2.45. The van der Waals surface area contributed by atoms with E-state index in [0.29, 0.717) is 40.6 Å². The Hall–Kier alpha value is -4.65. The van der Waals surface area contributed by atoms with E-state index >= 15 is 0 Å². The molecule has 0 saturated heterocycles. The number of halogens is 3. The molecule has 3 aromatic heterocycles. The average Bonchev–Trinajstić information content (AvgIpc) is 3.80. The smallest absolute Gasteiger partial charge is 0.430 e. The molecule has 2 N–H and O–H groups in total. The molecule has 0 bridgehead atoms. The molecule has 4 aromatic rings. The Bertz CT molecular complexity index is 1710. The van der Waals surface area contributed by atoms with Gasteiger partial charge in [-0.05, 0) is 49.6 Å². The molecule has 0 radical (unpaired) electrons. The molecular formula is C29H28F3N7O3. The lowest BCUT2D eigenvalue weighted by Gasteiger charge is -2.14. The van der Waals surface area contributed by atoms with Gasteiger partial charge in [0.05, 0.1) is 24.5 Å². The summed E-state index contributed by atoms with van der Waals surface area (Å²) in [4.78, 5) is 35.4. The van der Waals surface area contributed by atoms with E-state index in [4.69, 9.17) is 20.2 Å². The van der Waals surface area contributed by atoms with Crippen LogP contribution in [0.2, 0.25) is 0 Å². The summed E-state index contributed by atoms with van der Waals surface area (Å²) >= 11 is 0. The van der Waals surface area contributed by atoms with Gasteiger partial charge in [0.2, 0.25) is 5.88 Å². The molecule has 218 valence electrons. The highest BCUT2D eigenvalue weighted by Gasteiger charge is 2.32. The van der Waals surface area contributed by atoms with Crippen LogP contribution in [-0.2, 0) is 11.3 Å². The van der Waals surface area contributed by atoms with Crippen molar-refractivity contribution in [2.75, 3.05) is 20.3 Å². The van der Waals surface area contributed by atoms with Crippen LogP contribution in [0, 0.1) is 0 Å². The molecule has 1 aliphatic carbocycles. The molecule has 10 nitrogen and oxygen atoms in total. The number of fused-ring (bicyclic) bond motifs is 1. The van der Waals surface area contributed by atoms with E-state index in [-0.39, 0.29) is 30.3 Å². The van der Waals surface area contributed by atoms with E-state index in [9.17, 15) is 18.0 Å². The molecule has 3 heterocycles. The number of rotatable bonds is 10. The first-order chi connectivity index (χ1) is 20.1. The van der Waals surface area contributed by atoms with E-state index in [1.54, 1.807) is 43.6 Å². The van der Waals surface area contributed by atoms with Crippen molar-refractivity contribution < 1.29 is 22.6 Å². The molecule has 1 saturated carbocycles. The average molecular weight is 580 g/mol. The van der Waals surface area contributed by atoms with Crippen LogP contribution in [0.4, 0.5) is 18.9 Å². The van der Waals surface area contributed by atoms with Gasteiger partial charge in [0.1, 0.15) is 29.8 Å². The van der Waals surface area contributed by atoms with Gasteiger partial charge >= 0.3 is 6.18 Å². The Morgan fingerprint density at radius 1 is 1.12 bits per heavy atom. The standard InChI is InChI=1S/C29H28F3N7O3/c1-17(13-22(33)29(30,31)32)37-21-8-3-18(4-9-21)15-39-23(40)10-7-20-14-34-26(38-27(20)39)24-25(19-5-6-19)35-16-36-28(24)42-12-11-41-2/h3-4,7-10,13-14,16,19H,5-6,11-12,15,33H2,1-2H3. The second-order valence-corrected chi connectivity index (χ2v) is 9.80. The van der Waals surface area contributed by atoms with Gasteiger partial charge in [-0.2, -0.15) is 13.2 Å². The van der Waals surface area contributed by atoms with Gasteiger partial charge in [-0.15, -0.1) is 0 Å². The Morgan fingerprint density at radius 3 is 2.57 bits per heavy atom. The maximum atomic E-state index is 13.0. The number of methoxy groups -OCH3 is 1. The molecule has 0 amide bonds. The van der Waals surface area contributed by atoms with Crippen molar-refractivity contribution in [2.24, 2.45) is 10.7 Å². The normalized spacial score (nSPS) is 14.4. The fourth-order valence-corrected chi connectivity index (χ4v) is 4.34.